The molecule has 15 heavy (non-hydrogen) atoms. The Morgan fingerprint density at radius 1 is 1.73 bits per heavy atom. The van der Waals surface area contributed by atoms with Crippen LogP contribution in [0.1, 0.15) is 31.6 Å². The van der Waals surface area contributed by atoms with Gasteiger partial charge in [-0.25, -0.2) is 4.98 Å². The van der Waals surface area contributed by atoms with Gasteiger partial charge in [0.15, 0.2) is 0 Å². The van der Waals surface area contributed by atoms with Crippen molar-refractivity contribution in [2.24, 2.45) is 0 Å². The maximum Gasteiger partial charge on any atom is 0.220 e. The van der Waals surface area contributed by atoms with Crippen LogP contribution in [0.4, 0.5) is 0 Å². The molecule has 2 N–H and O–H groups in total. The smallest absolute Gasteiger partial charge is 0.220 e. The van der Waals surface area contributed by atoms with Gasteiger partial charge in [0.05, 0.1) is 6.04 Å². The van der Waals surface area contributed by atoms with Crippen LogP contribution in [0.3, 0.4) is 0 Å². The Morgan fingerprint density at radius 2 is 2.53 bits per heavy atom. The fourth-order valence-corrected chi connectivity index (χ4v) is 1.27. The number of hydrogen-bond acceptors (Lipinski definition) is 3. The number of aromatic amines is 1. The Kier molecular flexibility index (Phi) is 4.83. The number of aromatic nitrogens is 2. The number of imidazole rings is 1. The van der Waals surface area contributed by atoms with Crippen LogP contribution in [-0.2, 0) is 9.53 Å². The van der Waals surface area contributed by atoms with Gasteiger partial charge in [0.25, 0.3) is 0 Å². The predicted molar refractivity (Wildman–Crippen MR) is 56.3 cm³/mol. The summed E-state index contributed by atoms with van der Waals surface area (Å²) in [5.74, 6) is 0.797. The van der Waals surface area contributed by atoms with E-state index >= 15 is 0 Å². The number of hydrogen-bond donors (Lipinski definition) is 2. The number of methoxy groups -OCH3 is 1. The first-order valence-electron chi connectivity index (χ1n) is 5.01. The van der Waals surface area contributed by atoms with Crippen molar-refractivity contribution >= 4 is 5.91 Å². The molecule has 5 nitrogen and oxygen atoms in total. The maximum atomic E-state index is 11.4. The molecule has 1 aromatic heterocycles. The van der Waals surface area contributed by atoms with Crippen LogP contribution in [-0.4, -0.2) is 29.6 Å². The molecular formula is C10H17N3O2. The van der Waals surface area contributed by atoms with Crippen LogP contribution < -0.4 is 5.32 Å². The van der Waals surface area contributed by atoms with Gasteiger partial charge in [0, 0.05) is 32.5 Å². The molecule has 0 saturated carbocycles. The molecule has 1 rings (SSSR count). The van der Waals surface area contributed by atoms with Gasteiger partial charge in [0.2, 0.25) is 5.91 Å². The van der Waals surface area contributed by atoms with Gasteiger partial charge in [-0.3, -0.25) is 4.79 Å². The molecule has 1 amide bonds. The monoisotopic (exact) mass is 211 g/mol. The van der Waals surface area contributed by atoms with Gasteiger partial charge in [-0.1, -0.05) is 0 Å². The van der Waals surface area contributed by atoms with E-state index in [0.29, 0.717) is 13.0 Å². The average Bonchev–Trinajstić information content (AvgIpc) is 2.70. The van der Waals surface area contributed by atoms with Crippen molar-refractivity contribution in [2.75, 3.05) is 13.7 Å². The molecule has 1 heterocycles. The fourth-order valence-electron chi connectivity index (χ4n) is 1.27. The van der Waals surface area contributed by atoms with Gasteiger partial charge in [-0.05, 0) is 13.3 Å². The summed E-state index contributed by atoms with van der Waals surface area (Å²) in [7, 11) is 1.63. The molecule has 0 bridgehead atoms. The maximum absolute atomic E-state index is 11.4. The third-order valence-corrected chi connectivity index (χ3v) is 2.06. The Bertz CT molecular complexity index is 285. The molecule has 84 valence electrons. The highest BCUT2D eigenvalue weighted by molar-refractivity contribution is 5.76. The van der Waals surface area contributed by atoms with E-state index < -0.39 is 0 Å². The zero-order chi connectivity index (χ0) is 11.1. The number of amides is 1. The predicted octanol–water partition coefficient (Wildman–Crippen LogP) is 1.01. The SMILES string of the molecule is COCCCC(=O)NC(C)c1ncc[nH]1. The van der Waals surface area contributed by atoms with Crippen molar-refractivity contribution in [2.45, 2.75) is 25.8 Å². The molecule has 0 radical (unpaired) electrons. The average molecular weight is 211 g/mol. The summed E-state index contributed by atoms with van der Waals surface area (Å²) in [6, 6.07) is -0.0740. The second kappa shape index (κ2) is 6.19. The molecule has 5 heteroatoms. The van der Waals surface area contributed by atoms with Crippen molar-refractivity contribution in [3.63, 3.8) is 0 Å². The lowest BCUT2D eigenvalue weighted by atomic mass is 10.2. The first-order valence-corrected chi connectivity index (χ1v) is 5.01. The molecule has 1 atom stereocenters. The van der Waals surface area contributed by atoms with E-state index in [2.05, 4.69) is 15.3 Å². The van der Waals surface area contributed by atoms with E-state index in [-0.39, 0.29) is 11.9 Å². The number of nitrogens with zero attached hydrogens (tertiary/aromatic N) is 1. The molecule has 0 aliphatic carbocycles. The van der Waals surface area contributed by atoms with E-state index in [0.717, 1.165) is 12.2 Å². The van der Waals surface area contributed by atoms with Crippen molar-refractivity contribution in [3.05, 3.63) is 18.2 Å². The number of H-pyrrole nitrogens is 1. The Balaban J connectivity index is 2.26. The highest BCUT2D eigenvalue weighted by Crippen LogP contribution is 2.05. The van der Waals surface area contributed by atoms with Crippen LogP contribution in [0.25, 0.3) is 0 Å². The summed E-state index contributed by atoms with van der Waals surface area (Å²) in [4.78, 5) is 18.4. The summed E-state index contributed by atoms with van der Waals surface area (Å²) >= 11 is 0. The molecular weight excluding hydrogens is 194 g/mol. The fraction of sp³-hybridized carbons (Fsp3) is 0.600. The van der Waals surface area contributed by atoms with Crippen molar-refractivity contribution in [3.8, 4) is 0 Å². The summed E-state index contributed by atoms with van der Waals surface area (Å²) in [6.45, 7) is 2.51. The molecule has 0 fully saturated rings. The normalized spacial score (nSPS) is 12.4. The van der Waals surface area contributed by atoms with Gasteiger partial charge in [0.1, 0.15) is 5.82 Å². The summed E-state index contributed by atoms with van der Waals surface area (Å²) in [5, 5.41) is 2.85. The van der Waals surface area contributed by atoms with Crippen LogP contribution in [0.5, 0.6) is 0 Å². The topological polar surface area (TPSA) is 67.0 Å². The minimum Gasteiger partial charge on any atom is -0.385 e. The number of nitrogens with one attached hydrogen (secondary N) is 2. The molecule has 0 aliphatic rings. The largest absolute Gasteiger partial charge is 0.385 e. The van der Waals surface area contributed by atoms with E-state index in [1.165, 1.54) is 0 Å². The second-order valence-electron chi connectivity index (χ2n) is 3.36. The van der Waals surface area contributed by atoms with E-state index in [1.807, 2.05) is 6.92 Å². The first kappa shape index (κ1) is 11.7. The molecule has 0 aliphatic heterocycles. The van der Waals surface area contributed by atoms with Gasteiger partial charge in [-0.15, -0.1) is 0 Å². The lowest BCUT2D eigenvalue weighted by Gasteiger charge is -2.11. The summed E-state index contributed by atoms with van der Waals surface area (Å²) in [6.07, 6.45) is 4.64. The van der Waals surface area contributed by atoms with Crippen molar-refractivity contribution in [1.29, 1.82) is 0 Å². The highest BCUT2D eigenvalue weighted by Gasteiger charge is 2.10. The Labute approximate surface area is 89.2 Å². The summed E-state index contributed by atoms with van der Waals surface area (Å²) in [5.41, 5.74) is 0. The Hall–Kier alpha value is -1.36. The van der Waals surface area contributed by atoms with Crippen LogP contribution in [0.15, 0.2) is 12.4 Å². The zero-order valence-corrected chi connectivity index (χ0v) is 9.12. The van der Waals surface area contributed by atoms with Gasteiger partial charge in [-0.2, -0.15) is 0 Å². The third kappa shape index (κ3) is 4.12. The number of rotatable bonds is 6. The van der Waals surface area contributed by atoms with E-state index in [4.69, 9.17) is 4.74 Å². The van der Waals surface area contributed by atoms with Gasteiger partial charge < -0.3 is 15.0 Å². The van der Waals surface area contributed by atoms with Crippen molar-refractivity contribution in [1.82, 2.24) is 15.3 Å². The Morgan fingerprint density at radius 3 is 3.13 bits per heavy atom. The molecule has 0 saturated heterocycles. The molecule has 1 unspecified atom stereocenters. The third-order valence-electron chi connectivity index (χ3n) is 2.06. The molecule has 0 spiro atoms. The highest BCUT2D eigenvalue weighted by atomic mass is 16.5. The zero-order valence-electron chi connectivity index (χ0n) is 9.12. The lowest BCUT2D eigenvalue weighted by Crippen LogP contribution is -2.27. The van der Waals surface area contributed by atoms with E-state index in [1.54, 1.807) is 19.5 Å². The van der Waals surface area contributed by atoms with E-state index in [9.17, 15) is 4.79 Å². The van der Waals surface area contributed by atoms with Crippen LogP contribution in [0.2, 0.25) is 0 Å². The molecule has 1 aromatic rings. The minimum atomic E-state index is -0.0740. The summed E-state index contributed by atoms with van der Waals surface area (Å²) < 4.78 is 4.87. The quantitative estimate of drug-likeness (QED) is 0.690. The number of ether oxygens (including phenoxy) is 1. The first-order chi connectivity index (χ1) is 7.24. The lowest BCUT2D eigenvalue weighted by molar-refractivity contribution is -0.122. The number of carbonyl (C=O) groups is 1. The van der Waals surface area contributed by atoms with Crippen molar-refractivity contribution < 1.29 is 9.53 Å². The number of carbonyl (C=O) groups excluding carboxylic acids is 1. The minimum absolute atomic E-state index is 0.0240. The second-order valence-corrected chi connectivity index (χ2v) is 3.36. The van der Waals surface area contributed by atoms with Crippen LogP contribution >= 0.6 is 0 Å². The van der Waals surface area contributed by atoms with Gasteiger partial charge >= 0.3 is 0 Å². The van der Waals surface area contributed by atoms with Crippen LogP contribution in [0, 0.1) is 0 Å². The molecule has 0 aromatic carbocycles. The standard InChI is InChI=1S/C10H17N3O2/c1-8(10-11-5-6-12-10)13-9(14)4-3-7-15-2/h5-6,8H,3-4,7H2,1-2H3,(H,11,12)(H,13,14).